The maximum Gasteiger partial charge on any atom is 0.171 e. The molecule has 4 N–H and O–H groups in total. The maximum absolute atomic E-state index is 7.61. The van der Waals surface area contributed by atoms with Crippen molar-refractivity contribution in [2.24, 2.45) is 5.73 Å². The summed E-state index contributed by atoms with van der Waals surface area (Å²) in [4.78, 5) is 8.53. The predicted molar refractivity (Wildman–Crippen MR) is 82.7 cm³/mol. The van der Waals surface area contributed by atoms with Crippen LogP contribution in [0.1, 0.15) is 5.56 Å². The second kappa shape index (κ2) is 5.19. The molecule has 0 fully saturated rings. The van der Waals surface area contributed by atoms with E-state index in [2.05, 4.69) is 9.97 Å². The number of nitrogens with one attached hydrogen (secondary N) is 2. The van der Waals surface area contributed by atoms with Gasteiger partial charge in [-0.1, -0.05) is 35.5 Å². The second-order valence-electron chi connectivity index (χ2n) is 4.22. The van der Waals surface area contributed by atoms with E-state index in [9.17, 15) is 0 Å². The molecule has 1 heterocycles. The van der Waals surface area contributed by atoms with Gasteiger partial charge in [-0.15, -0.1) is 0 Å². The third-order valence-corrected chi connectivity index (χ3v) is 3.99. The van der Waals surface area contributed by atoms with Crippen LogP contribution in [0.25, 0.3) is 11.0 Å². The molecule has 3 aromatic rings. The summed E-state index contributed by atoms with van der Waals surface area (Å²) in [5.41, 5.74) is 8.12. The predicted octanol–water partition coefficient (Wildman–Crippen LogP) is 3.65. The van der Waals surface area contributed by atoms with Crippen LogP contribution in [0.5, 0.6) is 0 Å². The Bertz CT molecular complexity index is 764. The first-order chi connectivity index (χ1) is 9.63. The maximum atomic E-state index is 7.61. The number of halogens is 1. The first-order valence-electron chi connectivity index (χ1n) is 5.90. The highest BCUT2D eigenvalue weighted by Crippen LogP contribution is 2.31. The van der Waals surface area contributed by atoms with Crippen molar-refractivity contribution in [1.29, 1.82) is 5.41 Å². The summed E-state index contributed by atoms with van der Waals surface area (Å²) in [7, 11) is 0. The molecule has 0 aliphatic heterocycles. The lowest BCUT2D eigenvalue weighted by atomic mass is 10.2. The quantitative estimate of drug-likeness (QED) is 0.510. The fraction of sp³-hybridized carbons (Fsp3) is 0. The fourth-order valence-electron chi connectivity index (χ4n) is 1.89. The third-order valence-electron chi connectivity index (χ3n) is 2.81. The van der Waals surface area contributed by atoms with Gasteiger partial charge in [-0.3, -0.25) is 5.41 Å². The van der Waals surface area contributed by atoms with Crippen LogP contribution in [-0.4, -0.2) is 15.8 Å². The summed E-state index contributed by atoms with van der Waals surface area (Å²) in [5.74, 6) is 0.0141. The number of nitrogens with two attached hydrogens (primary N) is 1. The van der Waals surface area contributed by atoms with Crippen LogP contribution in [-0.2, 0) is 0 Å². The second-order valence-corrected chi connectivity index (χ2v) is 5.68. The molecule has 4 nitrogen and oxygen atoms in total. The van der Waals surface area contributed by atoms with Gasteiger partial charge in [0, 0.05) is 15.5 Å². The van der Waals surface area contributed by atoms with Gasteiger partial charge in [-0.2, -0.15) is 0 Å². The number of aromatic amines is 1. The fourth-order valence-corrected chi connectivity index (χ4v) is 3.11. The molecule has 0 saturated heterocycles. The van der Waals surface area contributed by atoms with Gasteiger partial charge < -0.3 is 10.7 Å². The van der Waals surface area contributed by atoms with E-state index < -0.39 is 0 Å². The van der Waals surface area contributed by atoms with E-state index in [0.717, 1.165) is 21.1 Å². The highest BCUT2D eigenvalue weighted by Gasteiger charge is 2.10. The average Bonchev–Trinajstić information content (AvgIpc) is 2.80. The number of imidazole rings is 1. The average molecular weight is 303 g/mol. The minimum atomic E-state index is 0.0141. The molecule has 2 aromatic carbocycles. The van der Waals surface area contributed by atoms with E-state index in [-0.39, 0.29) is 5.84 Å². The summed E-state index contributed by atoms with van der Waals surface area (Å²) in [6.07, 6.45) is 0. The van der Waals surface area contributed by atoms with Crippen LogP contribution in [0.4, 0.5) is 0 Å². The zero-order valence-corrected chi connectivity index (χ0v) is 11.9. The summed E-state index contributed by atoms with van der Waals surface area (Å²) in [6, 6.07) is 13.1. The van der Waals surface area contributed by atoms with Crippen molar-refractivity contribution in [2.45, 2.75) is 10.1 Å². The number of amidine groups is 1. The number of hydrogen-bond donors (Lipinski definition) is 3. The van der Waals surface area contributed by atoms with Crippen molar-refractivity contribution < 1.29 is 0 Å². The van der Waals surface area contributed by atoms with Crippen molar-refractivity contribution in [3.63, 3.8) is 0 Å². The molecule has 0 bridgehead atoms. The van der Waals surface area contributed by atoms with Crippen LogP contribution in [0.2, 0.25) is 5.02 Å². The molecule has 100 valence electrons. The highest BCUT2D eigenvalue weighted by molar-refractivity contribution is 7.99. The first-order valence-corrected chi connectivity index (χ1v) is 7.09. The van der Waals surface area contributed by atoms with Crippen molar-refractivity contribution in [1.82, 2.24) is 9.97 Å². The highest BCUT2D eigenvalue weighted by atomic mass is 35.5. The summed E-state index contributed by atoms with van der Waals surface area (Å²) in [5, 5.41) is 8.96. The van der Waals surface area contributed by atoms with Crippen molar-refractivity contribution in [3.05, 3.63) is 53.1 Å². The van der Waals surface area contributed by atoms with E-state index in [0.29, 0.717) is 10.6 Å². The SMILES string of the molecule is N=C(N)c1ccc(Cl)cc1Sc1nc2ccccc2[nH]1. The molecule has 0 saturated carbocycles. The largest absolute Gasteiger partial charge is 0.384 e. The Kier molecular flexibility index (Phi) is 3.38. The Labute approximate surface area is 124 Å². The van der Waals surface area contributed by atoms with E-state index in [4.69, 9.17) is 22.7 Å². The number of para-hydroxylation sites is 2. The Morgan fingerprint density at radius 2 is 2.05 bits per heavy atom. The smallest absolute Gasteiger partial charge is 0.171 e. The first kappa shape index (κ1) is 13.0. The molecule has 0 unspecified atom stereocenters. The van der Waals surface area contributed by atoms with Crippen LogP contribution in [0, 0.1) is 5.41 Å². The van der Waals surface area contributed by atoms with Gasteiger partial charge in [-0.25, -0.2) is 4.98 Å². The third kappa shape index (κ3) is 2.50. The molecule has 0 amide bonds. The summed E-state index contributed by atoms with van der Waals surface area (Å²) < 4.78 is 0. The zero-order valence-electron chi connectivity index (χ0n) is 10.4. The number of fused-ring (bicyclic) bond motifs is 1. The monoisotopic (exact) mass is 302 g/mol. The summed E-state index contributed by atoms with van der Waals surface area (Å²) in [6.45, 7) is 0. The van der Waals surface area contributed by atoms with E-state index >= 15 is 0 Å². The molecule has 0 aliphatic rings. The van der Waals surface area contributed by atoms with Gasteiger partial charge in [0.15, 0.2) is 5.16 Å². The van der Waals surface area contributed by atoms with E-state index in [1.54, 1.807) is 18.2 Å². The molecule has 0 aliphatic carbocycles. The van der Waals surface area contributed by atoms with Gasteiger partial charge >= 0.3 is 0 Å². The van der Waals surface area contributed by atoms with Crippen LogP contribution >= 0.6 is 23.4 Å². The minimum absolute atomic E-state index is 0.0141. The number of H-pyrrole nitrogens is 1. The van der Waals surface area contributed by atoms with Crippen LogP contribution < -0.4 is 5.73 Å². The molecule has 0 spiro atoms. The molecule has 0 atom stereocenters. The van der Waals surface area contributed by atoms with Gasteiger partial charge in [0.05, 0.1) is 11.0 Å². The van der Waals surface area contributed by atoms with Gasteiger partial charge in [0.2, 0.25) is 0 Å². The molecule has 3 rings (SSSR count). The Balaban J connectivity index is 2.01. The number of benzene rings is 2. The molecular weight excluding hydrogens is 292 g/mol. The lowest BCUT2D eigenvalue weighted by molar-refractivity contribution is 1.08. The number of hydrogen-bond acceptors (Lipinski definition) is 3. The number of nitrogens with zero attached hydrogens (tertiary/aromatic N) is 1. The zero-order chi connectivity index (χ0) is 14.1. The normalized spacial score (nSPS) is 10.8. The van der Waals surface area contributed by atoms with Crippen molar-refractivity contribution >= 4 is 40.2 Å². The van der Waals surface area contributed by atoms with Crippen LogP contribution in [0.3, 0.4) is 0 Å². The van der Waals surface area contributed by atoms with Crippen molar-refractivity contribution in [2.75, 3.05) is 0 Å². The molecular formula is C14H11ClN4S. The Hall–Kier alpha value is -1.98. The van der Waals surface area contributed by atoms with E-state index in [1.807, 2.05) is 24.3 Å². The topological polar surface area (TPSA) is 78.6 Å². The minimum Gasteiger partial charge on any atom is -0.384 e. The van der Waals surface area contributed by atoms with Gasteiger partial charge in [0.25, 0.3) is 0 Å². The van der Waals surface area contributed by atoms with Gasteiger partial charge in [-0.05, 0) is 30.3 Å². The number of aromatic nitrogens is 2. The van der Waals surface area contributed by atoms with Gasteiger partial charge in [0.1, 0.15) is 5.84 Å². The molecule has 0 radical (unpaired) electrons. The number of rotatable bonds is 3. The lowest BCUT2D eigenvalue weighted by Gasteiger charge is -2.06. The molecule has 20 heavy (non-hydrogen) atoms. The number of nitrogen functional groups attached to an aromatic ring is 1. The van der Waals surface area contributed by atoms with E-state index in [1.165, 1.54) is 11.8 Å². The lowest BCUT2D eigenvalue weighted by Crippen LogP contribution is -2.12. The van der Waals surface area contributed by atoms with Crippen molar-refractivity contribution in [3.8, 4) is 0 Å². The standard InChI is InChI=1S/C14H11ClN4S/c15-8-5-6-9(13(16)17)12(7-8)20-14-18-10-3-1-2-4-11(10)19-14/h1-7H,(H3,16,17)(H,18,19). The molecule has 6 heteroatoms. The van der Waals surface area contributed by atoms with Crippen LogP contribution in [0.15, 0.2) is 52.5 Å². The summed E-state index contributed by atoms with van der Waals surface area (Å²) >= 11 is 7.42. The Morgan fingerprint density at radius 3 is 2.80 bits per heavy atom. The Morgan fingerprint density at radius 1 is 1.25 bits per heavy atom. The molecule has 1 aromatic heterocycles.